The van der Waals surface area contributed by atoms with Crippen molar-refractivity contribution in [1.82, 2.24) is 0 Å². The van der Waals surface area contributed by atoms with Gasteiger partial charge >= 0.3 is 0 Å². The molecule has 4 heteroatoms. The predicted octanol–water partition coefficient (Wildman–Crippen LogP) is 4.48. The van der Waals surface area contributed by atoms with E-state index in [1.807, 2.05) is 18.2 Å². The van der Waals surface area contributed by atoms with E-state index in [1.54, 1.807) is 0 Å². The van der Waals surface area contributed by atoms with Gasteiger partial charge in [0, 0.05) is 18.2 Å². The summed E-state index contributed by atoms with van der Waals surface area (Å²) in [6.45, 7) is 12.1. The van der Waals surface area contributed by atoms with Crippen LogP contribution < -0.4 is 13.9 Å². The first-order valence-corrected chi connectivity index (χ1v) is 10.4. The van der Waals surface area contributed by atoms with Crippen LogP contribution in [-0.4, -0.2) is 21.5 Å². The van der Waals surface area contributed by atoms with Crippen LogP contribution in [0.25, 0.3) is 0 Å². The number of hydrogen-bond acceptors (Lipinski definition) is 3. The van der Waals surface area contributed by atoms with Crippen LogP contribution >= 0.6 is 0 Å². The maximum atomic E-state index is 6.02. The molecule has 0 saturated carbocycles. The van der Waals surface area contributed by atoms with E-state index in [2.05, 4.69) is 33.5 Å². The van der Waals surface area contributed by atoms with Crippen LogP contribution in [0.5, 0.6) is 17.2 Å². The van der Waals surface area contributed by atoms with Crippen molar-refractivity contribution in [2.75, 3.05) is 13.2 Å². The van der Waals surface area contributed by atoms with Crippen LogP contribution in [0.4, 0.5) is 0 Å². The van der Waals surface area contributed by atoms with Gasteiger partial charge in [-0.2, -0.15) is 0 Å². The van der Waals surface area contributed by atoms with Crippen molar-refractivity contribution in [3.63, 3.8) is 0 Å². The summed E-state index contributed by atoms with van der Waals surface area (Å²) in [6.07, 6.45) is 1.98. The van der Waals surface area contributed by atoms with Crippen molar-refractivity contribution in [3.05, 3.63) is 18.2 Å². The summed E-state index contributed by atoms with van der Waals surface area (Å²) in [5, 5.41) is 0. The predicted molar refractivity (Wildman–Crippen MR) is 82.0 cm³/mol. The van der Waals surface area contributed by atoms with Gasteiger partial charge in [-0.05, 0) is 32.5 Å². The van der Waals surface area contributed by atoms with Crippen LogP contribution in [0.3, 0.4) is 0 Å². The summed E-state index contributed by atoms with van der Waals surface area (Å²) >= 11 is 0. The molecule has 0 aromatic heterocycles. The topological polar surface area (TPSA) is 27.7 Å². The molecule has 0 bridgehead atoms. The molecule has 0 fully saturated rings. The first-order valence-electron chi connectivity index (χ1n) is 7.04. The van der Waals surface area contributed by atoms with Crippen molar-refractivity contribution in [2.45, 2.75) is 46.3 Å². The van der Waals surface area contributed by atoms with Crippen molar-refractivity contribution >= 4 is 8.32 Å². The lowest BCUT2D eigenvalue weighted by Crippen LogP contribution is -2.29. The highest BCUT2D eigenvalue weighted by atomic mass is 28.4. The Hall–Kier alpha value is -1.16. The second kappa shape index (κ2) is 7.43. The molecular weight excluding hydrogens is 256 g/mol. The minimum atomic E-state index is -1.62. The Morgan fingerprint density at radius 3 is 1.58 bits per heavy atom. The molecule has 0 amide bonds. The molecule has 1 aromatic carbocycles. The zero-order valence-corrected chi connectivity index (χ0v) is 13.8. The highest BCUT2D eigenvalue weighted by molar-refractivity contribution is 6.70. The molecule has 0 spiro atoms. The average Bonchev–Trinajstić information content (AvgIpc) is 2.31. The van der Waals surface area contributed by atoms with E-state index in [0.717, 1.165) is 30.1 Å². The van der Waals surface area contributed by atoms with E-state index in [1.165, 1.54) is 0 Å². The standard InChI is InChI=1S/C15H26O3Si/c1-6-8-16-13-10-14(17-9-7-2)12-15(11-13)18-19(3,4)5/h10-12H,6-9H2,1-5H3. The lowest BCUT2D eigenvalue weighted by molar-refractivity contribution is 0.300. The minimum absolute atomic E-state index is 0.712. The van der Waals surface area contributed by atoms with Crippen molar-refractivity contribution < 1.29 is 13.9 Å². The van der Waals surface area contributed by atoms with Crippen molar-refractivity contribution in [3.8, 4) is 17.2 Å². The summed E-state index contributed by atoms with van der Waals surface area (Å²) in [6, 6.07) is 5.84. The molecule has 0 N–H and O–H groups in total. The van der Waals surface area contributed by atoms with Crippen LogP contribution in [0.2, 0.25) is 19.6 Å². The second-order valence-corrected chi connectivity index (χ2v) is 9.98. The highest BCUT2D eigenvalue weighted by Gasteiger charge is 2.17. The highest BCUT2D eigenvalue weighted by Crippen LogP contribution is 2.29. The summed E-state index contributed by atoms with van der Waals surface area (Å²) in [5.74, 6) is 2.49. The third kappa shape index (κ3) is 6.52. The van der Waals surface area contributed by atoms with E-state index in [4.69, 9.17) is 13.9 Å². The van der Waals surface area contributed by atoms with E-state index < -0.39 is 8.32 Å². The minimum Gasteiger partial charge on any atom is -0.544 e. The second-order valence-electron chi connectivity index (χ2n) is 5.55. The third-order valence-corrected chi connectivity index (χ3v) is 3.07. The third-order valence-electron chi connectivity index (χ3n) is 2.22. The zero-order valence-electron chi connectivity index (χ0n) is 12.8. The monoisotopic (exact) mass is 282 g/mol. The summed E-state index contributed by atoms with van der Waals surface area (Å²) in [4.78, 5) is 0. The Balaban J connectivity index is 2.88. The Kier molecular flexibility index (Phi) is 6.22. The molecule has 1 rings (SSSR count). The maximum Gasteiger partial charge on any atom is 0.242 e. The van der Waals surface area contributed by atoms with Gasteiger partial charge in [0.25, 0.3) is 0 Å². The van der Waals surface area contributed by atoms with Crippen LogP contribution in [0.1, 0.15) is 26.7 Å². The quantitative estimate of drug-likeness (QED) is 0.658. The first-order chi connectivity index (χ1) is 8.94. The fourth-order valence-electron chi connectivity index (χ4n) is 1.56. The molecule has 0 heterocycles. The van der Waals surface area contributed by atoms with Gasteiger partial charge in [0.2, 0.25) is 8.32 Å². The van der Waals surface area contributed by atoms with Gasteiger partial charge in [0.1, 0.15) is 17.2 Å². The summed E-state index contributed by atoms with van der Waals surface area (Å²) in [5.41, 5.74) is 0. The molecule has 0 aliphatic carbocycles. The van der Waals surface area contributed by atoms with Crippen molar-refractivity contribution in [2.24, 2.45) is 0 Å². The Morgan fingerprint density at radius 2 is 1.21 bits per heavy atom. The zero-order chi connectivity index (χ0) is 14.3. The number of benzene rings is 1. The van der Waals surface area contributed by atoms with E-state index in [9.17, 15) is 0 Å². The summed E-state index contributed by atoms with van der Waals surface area (Å²) < 4.78 is 17.4. The molecule has 0 atom stereocenters. The maximum absolute atomic E-state index is 6.02. The molecule has 19 heavy (non-hydrogen) atoms. The first kappa shape index (κ1) is 15.9. The molecule has 0 aliphatic heterocycles. The van der Waals surface area contributed by atoms with E-state index in [-0.39, 0.29) is 0 Å². The van der Waals surface area contributed by atoms with Crippen LogP contribution in [0, 0.1) is 0 Å². The van der Waals surface area contributed by atoms with Crippen molar-refractivity contribution in [1.29, 1.82) is 0 Å². The van der Waals surface area contributed by atoms with Gasteiger partial charge in [-0.1, -0.05) is 13.8 Å². The smallest absolute Gasteiger partial charge is 0.242 e. The van der Waals surface area contributed by atoms with Gasteiger partial charge in [-0.3, -0.25) is 0 Å². The Bertz CT molecular complexity index is 359. The lowest BCUT2D eigenvalue weighted by Gasteiger charge is -2.20. The fourth-order valence-corrected chi connectivity index (χ4v) is 2.39. The van der Waals surface area contributed by atoms with Gasteiger partial charge < -0.3 is 13.9 Å². The van der Waals surface area contributed by atoms with E-state index in [0.29, 0.717) is 13.2 Å². The molecular formula is C15H26O3Si. The van der Waals surface area contributed by atoms with E-state index >= 15 is 0 Å². The Morgan fingerprint density at radius 1 is 0.789 bits per heavy atom. The van der Waals surface area contributed by atoms with Crippen LogP contribution in [-0.2, 0) is 0 Å². The average molecular weight is 282 g/mol. The molecule has 0 aliphatic rings. The molecule has 108 valence electrons. The molecule has 0 unspecified atom stereocenters. The Labute approximate surface area is 118 Å². The molecule has 0 radical (unpaired) electrons. The van der Waals surface area contributed by atoms with Gasteiger partial charge in [-0.15, -0.1) is 0 Å². The fraction of sp³-hybridized carbons (Fsp3) is 0.600. The SMILES string of the molecule is CCCOc1cc(OCCC)cc(O[Si](C)(C)C)c1. The van der Waals surface area contributed by atoms with Gasteiger partial charge in [-0.25, -0.2) is 0 Å². The number of ether oxygens (including phenoxy) is 2. The molecule has 0 saturated heterocycles. The summed E-state index contributed by atoms with van der Waals surface area (Å²) in [7, 11) is -1.62. The number of rotatable bonds is 8. The molecule has 1 aromatic rings. The largest absolute Gasteiger partial charge is 0.544 e. The van der Waals surface area contributed by atoms with Gasteiger partial charge in [0.15, 0.2) is 0 Å². The molecule has 3 nitrogen and oxygen atoms in total. The lowest BCUT2D eigenvalue weighted by atomic mass is 10.3. The van der Waals surface area contributed by atoms with Gasteiger partial charge in [0.05, 0.1) is 13.2 Å². The normalized spacial score (nSPS) is 11.2. The number of hydrogen-bond donors (Lipinski definition) is 0. The van der Waals surface area contributed by atoms with Crippen LogP contribution in [0.15, 0.2) is 18.2 Å².